The van der Waals surface area contributed by atoms with Gasteiger partial charge in [-0.3, -0.25) is 0 Å². The molecule has 0 atom stereocenters. The highest BCUT2D eigenvalue weighted by molar-refractivity contribution is 5.49. The Kier molecular flexibility index (Phi) is 5.12. The number of hydrogen-bond acceptors (Lipinski definition) is 3. The van der Waals surface area contributed by atoms with Crippen LogP contribution < -0.4 is 9.64 Å². The zero-order valence-corrected chi connectivity index (χ0v) is 10.7. The van der Waals surface area contributed by atoms with Gasteiger partial charge in [-0.05, 0) is 39.2 Å². The second-order valence-corrected chi connectivity index (χ2v) is 4.28. The maximum Gasteiger partial charge on any atom is 0.120 e. The fraction of sp³-hybridized carbons (Fsp3) is 0.538. The Labute approximate surface area is 98.6 Å². The topological polar surface area (TPSA) is 15.7 Å². The first-order valence-corrected chi connectivity index (χ1v) is 5.63. The summed E-state index contributed by atoms with van der Waals surface area (Å²) in [7, 11) is 8.02. The molecule has 90 valence electrons. The first-order valence-electron chi connectivity index (χ1n) is 5.63. The van der Waals surface area contributed by atoms with Crippen molar-refractivity contribution in [1.29, 1.82) is 0 Å². The van der Waals surface area contributed by atoms with E-state index in [1.54, 1.807) is 7.11 Å². The average molecular weight is 222 g/mol. The molecule has 1 aromatic carbocycles. The van der Waals surface area contributed by atoms with Crippen molar-refractivity contribution in [3.63, 3.8) is 0 Å². The van der Waals surface area contributed by atoms with Crippen LogP contribution in [0.1, 0.15) is 6.42 Å². The molecule has 0 saturated carbocycles. The van der Waals surface area contributed by atoms with Crippen LogP contribution in [0, 0.1) is 0 Å². The molecule has 0 aromatic heterocycles. The zero-order chi connectivity index (χ0) is 12.0. The van der Waals surface area contributed by atoms with E-state index in [0.717, 1.165) is 18.8 Å². The van der Waals surface area contributed by atoms with E-state index in [2.05, 4.69) is 43.1 Å². The van der Waals surface area contributed by atoms with Gasteiger partial charge in [0.25, 0.3) is 0 Å². The lowest BCUT2D eigenvalue weighted by molar-refractivity contribution is 0.401. The lowest BCUT2D eigenvalue weighted by Gasteiger charge is -2.20. The van der Waals surface area contributed by atoms with Crippen molar-refractivity contribution in [3.05, 3.63) is 24.3 Å². The highest BCUT2D eigenvalue weighted by atomic mass is 16.5. The average Bonchev–Trinajstić information content (AvgIpc) is 2.28. The molecule has 3 heteroatoms. The van der Waals surface area contributed by atoms with Crippen molar-refractivity contribution in [2.75, 3.05) is 46.2 Å². The molecular formula is C13H22N2O. The third-order valence-electron chi connectivity index (χ3n) is 2.59. The normalized spacial score (nSPS) is 10.6. The standard InChI is InChI=1S/C13H22N2O/c1-14(2)9-6-10-15(3)12-7-5-8-13(11-12)16-4/h5,7-8,11H,6,9-10H2,1-4H3. The minimum absolute atomic E-state index is 0.914. The molecule has 16 heavy (non-hydrogen) atoms. The highest BCUT2D eigenvalue weighted by Gasteiger charge is 2.02. The Morgan fingerprint density at radius 3 is 2.50 bits per heavy atom. The minimum Gasteiger partial charge on any atom is -0.497 e. The number of ether oxygens (including phenoxy) is 1. The largest absolute Gasteiger partial charge is 0.497 e. The fourth-order valence-electron chi connectivity index (χ4n) is 1.60. The summed E-state index contributed by atoms with van der Waals surface area (Å²) in [6, 6.07) is 8.17. The first-order chi connectivity index (χ1) is 7.63. The maximum atomic E-state index is 5.21. The molecule has 0 amide bonds. The molecule has 0 radical (unpaired) electrons. The van der Waals surface area contributed by atoms with Gasteiger partial charge in [-0.25, -0.2) is 0 Å². The smallest absolute Gasteiger partial charge is 0.120 e. The summed E-state index contributed by atoms with van der Waals surface area (Å²) in [5.41, 5.74) is 1.21. The minimum atomic E-state index is 0.914. The molecule has 1 rings (SSSR count). The molecule has 1 aromatic rings. The maximum absolute atomic E-state index is 5.21. The van der Waals surface area contributed by atoms with Crippen molar-refractivity contribution in [2.24, 2.45) is 0 Å². The van der Waals surface area contributed by atoms with Crippen LogP contribution in [0.25, 0.3) is 0 Å². The SMILES string of the molecule is COc1cccc(N(C)CCCN(C)C)c1. The Hall–Kier alpha value is -1.22. The van der Waals surface area contributed by atoms with Gasteiger partial charge in [0.05, 0.1) is 7.11 Å². The van der Waals surface area contributed by atoms with Crippen LogP contribution in [0.2, 0.25) is 0 Å². The van der Waals surface area contributed by atoms with Gasteiger partial charge >= 0.3 is 0 Å². The lowest BCUT2D eigenvalue weighted by atomic mass is 10.2. The molecule has 0 spiro atoms. The molecule has 0 unspecified atom stereocenters. The van der Waals surface area contributed by atoms with E-state index in [1.807, 2.05) is 12.1 Å². The second-order valence-electron chi connectivity index (χ2n) is 4.28. The van der Waals surface area contributed by atoms with Crippen LogP contribution in [-0.2, 0) is 0 Å². The Balaban J connectivity index is 2.48. The molecule has 0 bridgehead atoms. The van der Waals surface area contributed by atoms with Crippen molar-refractivity contribution in [2.45, 2.75) is 6.42 Å². The lowest BCUT2D eigenvalue weighted by Crippen LogP contribution is -2.23. The first kappa shape index (κ1) is 12.8. The highest BCUT2D eigenvalue weighted by Crippen LogP contribution is 2.19. The van der Waals surface area contributed by atoms with Gasteiger partial charge in [-0.1, -0.05) is 6.07 Å². The molecule has 0 aliphatic heterocycles. The molecule has 0 heterocycles. The van der Waals surface area contributed by atoms with Crippen LogP contribution in [0.3, 0.4) is 0 Å². The third-order valence-corrected chi connectivity index (χ3v) is 2.59. The van der Waals surface area contributed by atoms with E-state index in [4.69, 9.17) is 4.74 Å². The summed E-state index contributed by atoms with van der Waals surface area (Å²) in [6.07, 6.45) is 1.17. The molecule has 0 aliphatic rings. The van der Waals surface area contributed by atoms with Crippen molar-refractivity contribution < 1.29 is 4.74 Å². The number of methoxy groups -OCH3 is 1. The third kappa shape index (κ3) is 4.11. The van der Waals surface area contributed by atoms with Crippen LogP contribution >= 0.6 is 0 Å². The quantitative estimate of drug-likeness (QED) is 0.733. The molecule has 0 saturated heterocycles. The summed E-state index contributed by atoms with van der Waals surface area (Å²) in [5.74, 6) is 0.914. The molecule has 0 fully saturated rings. The predicted octanol–water partition coefficient (Wildman–Crippen LogP) is 2.08. The number of hydrogen-bond donors (Lipinski definition) is 0. The Morgan fingerprint density at radius 1 is 1.12 bits per heavy atom. The van der Waals surface area contributed by atoms with Gasteiger partial charge in [0, 0.05) is 25.3 Å². The number of rotatable bonds is 6. The van der Waals surface area contributed by atoms with E-state index in [9.17, 15) is 0 Å². The molecule has 3 nitrogen and oxygen atoms in total. The molecule has 0 N–H and O–H groups in total. The van der Waals surface area contributed by atoms with Crippen LogP contribution in [0.5, 0.6) is 5.75 Å². The summed E-state index contributed by atoms with van der Waals surface area (Å²) >= 11 is 0. The Bertz CT molecular complexity index is 313. The van der Waals surface area contributed by atoms with E-state index in [1.165, 1.54) is 12.1 Å². The number of anilines is 1. The zero-order valence-electron chi connectivity index (χ0n) is 10.7. The van der Waals surface area contributed by atoms with E-state index in [-0.39, 0.29) is 0 Å². The van der Waals surface area contributed by atoms with Crippen LogP contribution in [-0.4, -0.2) is 46.2 Å². The Morgan fingerprint density at radius 2 is 1.88 bits per heavy atom. The molecular weight excluding hydrogens is 200 g/mol. The van der Waals surface area contributed by atoms with E-state index < -0.39 is 0 Å². The van der Waals surface area contributed by atoms with Gasteiger partial charge in [-0.2, -0.15) is 0 Å². The summed E-state index contributed by atoms with van der Waals surface area (Å²) in [5, 5.41) is 0. The van der Waals surface area contributed by atoms with Gasteiger partial charge in [0.15, 0.2) is 0 Å². The van der Waals surface area contributed by atoms with E-state index in [0.29, 0.717) is 0 Å². The second kappa shape index (κ2) is 6.38. The van der Waals surface area contributed by atoms with Crippen LogP contribution in [0.15, 0.2) is 24.3 Å². The number of nitrogens with zero attached hydrogens (tertiary/aromatic N) is 2. The monoisotopic (exact) mass is 222 g/mol. The summed E-state index contributed by atoms with van der Waals surface area (Å²) in [4.78, 5) is 4.46. The summed E-state index contributed by atoms with van der Waals surface area (Å²) in [6.45, 7) is 2.18. The van der Waals surface area contributed by atoms with E-state index >= 15 is 0 Å². The van der Waals surface area contributed by atoms with Gasteiger partial charge in [0.2, 0.25) is 0 Å². The fourth-order valence-corrected chi connectivity index (χ4v) is 1.60. The van der Waals surface area contributed by atoms with Crippen molar-refractivity contribution in [1.82, 2.24) is 4.90 Å². The number of benzene rings is 1. The van der Waals surface area contributed by atoms with Gasteiger partial charge in [-0.15, -0.1) is 0 Å². The van der Waals surface area contributed by atoms with Crippen LogP contribution in [0.4, 0.5) is 5.69 Å². The van der Waals surface area contributed by atoms with Gasteiger partial charge in [0.1, 0.15) is 5.75 Å². The van der Waals surface area contributed by atoms with Crippen molar-refractivity contribution in [3.8, 4) is 5.75 Å². The summed E-state index contributed by atoms with van der Waals surface area (Å²) < 4.78 is 5.21. The molecule has 0 aliphatic carbocycles. The predicted molar refractivity (Wildman–Crippen MR) is 69.4 cm³/mol. The van der Waals surface area contributed by atoms with Gasteiger partial charge < -0.3 is 14.5 Å². The van der Waals surface area contributed by atoms with Crippen molar-refractivity contribution >= 4 is 5.69 Å².